The van der Waals surface area contributed by atoms with Crippen molar-refractivity contribution < 1.29 is 14.7 Å². The molecule has 0 radical (unpaired) electrons. The number of nitrogens with two attached hydrogens (primary N) is 1. The summed E-state index contributed by atoms with van der Waals surface area (Å²) >= 11 is 0. The van der Waals surface area contributed by atoms with E-state index in [1.165, 1.54) is 0 Å². The van der Waals surface area contributed by atoms with Gasteiger partial charge in [0.2, 0.25) is 5.91 Å². The second-order valence-corrected chi connectivity index (χ2v) is 5.29. The molecule has 1 rings (SSSR count). The van der Waals surface area contributed by atoms with Crippen LogP contribution in [-0.4, -0.2) is 42.7 Å². The van der Waals surface area contributed by atoms with Crippen molar-refractivity contribution in [3.63, 3.8) is 0 Å². The van der Waals surface area contributed by atoms with Gasteiger partial charge in [0, 0.05) is 0 Å². The van der Waals surface area contributed by atoms with Gasteiger partial charge in [-0.1, -0.05) is 12.8 Å². The van der Waals surface area contributed by atoms with Crippen LogP contribution in [0.5, 0.6) is 0 Å². The first-order chi connectivity index (χ1) is 8.97. The molecule has 0 aromatic carbocycles. The molecule has 0 saturated heterocycles. The number of amides is 1. The van der Waals surface area contributed by atoms with Crippen LogP contribution in [0.1, 0.15) is 38.5 Å². The van der Waals surface area contributed by atoms with Gasteiger partial charge in [-0.2, -0.15) is 0 Å². The van der Waals surface area contributed by atoms with Crippen molar-refractivity contribution >= 4 is 11.9 Å². The highest BCUT2D eigenvalue weighted by Gasteiger charge is 2.47. The van der Waals surface area contributed by atoms with E-state index < -0.39 is 11.5 Å². The highest BCUT2D eigenvalue weighted by molar-refractivity contribution is 5.80. The van der Waals surface area contributed by atoms with Gasteiger partial charge in [-0.15, -0.1) is 0 Å². The first-order valence-electron chi connectivity index (χ1n) is 6.86. The molecule has 3 unspecified atom stereocenters. The Hall–Kier alpha value is -1.14. The quantitative estimate of drug-likeness (QED) is 0.500. The van der Waals surface area contributed by atoms with Crippen molar-refractivity contribution in [3.05, 3.63) is 0 Å². The molecular weight excluding hydrogens is 246 g/mol. The Morgan fingerprint density at radius 3 is 2.63 bits per heavy atom. The largest absolute Gasteiger partial charge is 0.480 e. The van der Waals surface area contributed by atoms with E-state index in [2.05, 4.69) is 10.6 Å². The number of rotatable bonds is 8. The standard InChI is InChI=1S/C13H25N3O3/c1-15-10(11(14)17)7-3-5-9-6-4-8-13(9,16-2)12(18)19/h9-10,15-16H,3-8H2,1-2H3,(H2,14,17)(H,18,19). The molecule has 1 fully saturated rings. The van der Waals surface area contributed by atoms with E-state index in [-0.39, 0.29) is 17.9 Å². The van der Waals surface area contributed by atoms with E-state index in [1.54, 1.807) is 14.1 Å². The summed E-state index contributed by atoms with van der Waals surface area (Å²) in [5.41, 5.74) is 4.47. The van der Waals surface area contributed by atoms with Gasteiger partial charge in [0.1, 0.15) is 5.54 Å². The lowest BCUT2D eigenvalue weighted by molar-refractivity contribution is -0.146. The Morgan fingerprint density at radius 1 is 1.47 bits per heavy atom. The third kappa shape index (κ3) is 3.45. The van der Waals surface area contributed by atoms with Gasteiger partial charge in [-0.3, -0.25) is 9.59 Å². The van der Waals surface area contributed by atoms with Crippen LogP contribution in [0.4, 0.5) is 0 Å². The molecule has 0 heterocycles. The van der Waals surface area contributed by atoms with Crippen LogP contribution in [-0.2, 0) is 9.59 Å². The first kappa shape index (κ1) is 15.9. The summed E-state index contributed by atoms with van der Waals surface area (Å²) in [5, 5.41) is 15.3. The summed E-state index contributed by atoms with van der Waals surface area (Å²) in [7, 11) is 3.42. The van der Waals surface area contributed by atoms with Gasteiger partial charge in [0.15, 0.2) is 0 Å². The first-order valence-corrected chi connectivity index (χ1v) is 6.86. The molecule has 1 saturated carbocycles. The number of hydrogen-bond acceptors (Lipinski definition) is 4. The lowest BCUT2D eigenvalue weighted by Crippen LogP contribution is -2.53. The van der Waals surface area contributed by atoms with Crippen LogP contribution >= 0.6 is 0 Å². The second-order valence-electron chi connectivity index (χ2n) is 5.29. The molecule has 0 aromatic rings. The molecule has 5 N–H and O–H groups in total. The fourth-order valence-corrected chi connectivity index (χ4v) is 3.18. The number of primary amides is 1. The van der Waals surface area contributed by atoms with Gasteiger partial charge >= 0.3 is 5.97 Å². The zero-order valence-corrected chi connectivity index (χ0v) is 11.7. The molecule has 0 bridgehead atoms. The normalized spacial score (nSPS) is 28.2. The van der Waals surface area contributed by atoms with Crippen molar-refractivity contribution in [2.45, 2.75) is 50.1 Å². The molecular formula is C13H25N3O3. The molecule has 1 aliphatic carbocycles. The molecule has 0 spiro atoms. The molecule has 3 atom stereocenters. The van der Waals surface area contributed by atoms with Crippen molar-refractivity contribution in [2.24, 2.45) is 11.7 Å². The van der Waals surface area contributed by atoms with Gasteiger partial charge in [0.05, 0.1) is 6.04 Å². The Kier molecular flexibility index (Phi) is 5.75. The monoisotopic (exact) mass is 271 g/mol. The summed E-state index contributed by atoms with van der Waals surface area (Å²) < 4.78 is 0. The van der Waals surface area contributed by atoms with Crippen molar-refractivity contribution in [3.8, 4) is 0 Å². The Bertz CT molecular complexity index is 335. The summed E-state index contributed by atoms with van der Waals surface area (Å²) in [4.78, 5) is 22.6. The molecule has 19 heavy (non-hydrogen) atoms. The predicted molar refractivity (Wildman–Crippen MR) is 72.7 cm³/mol. The summed E-state index contributed by atoms with van der Waals surface area (Å²) in [5.74, 6) is -0.995. The number of carbonyl (C=O) groups excluding carboxylic acids is 1. The van der Waals surface area contributed by atoms with E-state index in [1.807, 2.05) is 0 Å². The van der Waals surface area contributed by atoms with E-state index >= 15 is 0 Å². The minimum atomic E-state index is -0.790. The molecule has 110 valence electrons. The van der Waals surface area contributed by atoms with E-state index in [0.29, 0.717) is 12.8 Å². The van der Waals surface area contributed by atoms with Crippen molar-refractivity contribution in [2.75, 3.05) is 14.1 Å². The highest BCUT2D eigenvalue weighted by atomic mass is 16.4. The van der Waals surface area contributed by atoms with Gasteiger partial charge < -0.3 is 21.5 Å². The van der Waals surface area contributed by atoms with Crippen LogP contribution in [0, 0.1) is 5.92 Å². The number of carboxylic acid groups (broad SMARTS) is 1. The maximum absolute atomic E-state index is 11.5. The Balaban J connectivity index is 2.52. The number of likely N-dealkylation sites (N-methyl/N-ethyl adjacent to an activating group) is 2. The van der Waals surface area contributed by atoms with Gasteiger partial charge in [-0.25, -0.2) is 0 Å². The highest BCUT2D eigenvalue weighted by Crippen LogP contribution is 2.39. The Labute approximate surface area is 114 Å². The molecule has 6 heteroatoms. The zero-order valence-electron chi connectivity index (χ0n) is 11.7. The molecule has 0 aromatic heterocycles. The van der Waals surface area contributed by atoms with Crippen molar-refractivity contribution in [1.82, 2.24) is 10.6 Å². The molecule has 6 nitrogen and oxygen atoms in total. The van der Waals surface area contributed by atoms with Crippen molar-refractivity contribution in [1.29, 1.82) is 0 Å². The summed E-state index contributed by atoms with van der Waals surface area (Å²) in [6.45, 7) is 0. The number of carboxylic acids is 1. The fourth-order valence-electron chi connectivity index (χ4n) is 3.18. The average molecular weight is 271 g/mol. The number of aliphatic carboxylic acids is 1. The van der Waals surface area contributed by atoms with E-state index in [0.717, 1.165) is 25.7 Å². The van der Waals surface area contributed by atoms with E-state index in [9.17, 15) is 14.7 Å². The lowest BCUT2D eigenvalue weighted by atomic mass is 9.83. The maximum atomic E-state index is 11.5. The van der Waals surface area contributed by atoms with Crippen LogP contribution in [0.25, 0.3) is 0 Å². The number of nitrogens with one attached hydrogen (secondary N) is 2. The third-order valence-electron chi connectivity index (χ3n) is 4.39. The molecule has 0 aliphatic heterocycles. The average Bonchev–Trinajstić information content (AvgIpc) is 2.78. The topological polar surface area (TPSA) is 104 Å². The maximum Gasteiger partial charge on any atom is 0.324 e. The predicted octanol–water partition coefficient (Wildman–Crippen LogP) is 0.0729. The molecule has 1 amide bonds. The van der Waals surface area contributed by atoms with Gasteiger partial charge in [-0.05, 0) is 45.7 Å². The zero-order chi connectivity index (χ0) is 14.5. The minimum Gasteiger partial charge on any atom is -0.480 e. The summed E-state index contributed by atoms with van der Waals surface area (Å²) in [6, 6.07) is -0.324. The molecule has 1 aliphatic rings. The van der Waals surface area contributed by atoms with Crippen LogP contribution in [0.15, 0.2) is 0 Å². The van der Waals surface area contributed by atoms with Crippen LogP contribution < -0.4 is 16.4 Å². The minimum absolute atomic E-state index is 0.125. The fraction of sp³-hybridized carbons (Fsp3) is 0.846. The number of hydrogen-bond donors (Lipinski definition) is 4. The van der Waals surface area contributed by atoms with Crippen LogP contribution in [0.3, 0.4) is 0 Å². The summed E-state index contributed by atoms with van der Waals surface area (Å²) in [6.07, 6.45) is 4.79. The second kappa shape index (κ2) is 6.86. The lowest BCUT2D eigenvalue weighted by Gasteiger charge is -2.31. The third-order valence-corrected chi connectivity index (χ3v) is 4.39. The van der Waals surface area contributed by atoms with E-state index in [4.69, 9.17) is 5.73 Å². The van der Waals surface area contributed by atoms with Crippen LogP contribution in [0.2, 0.25) is 0 Å². The Morgan fingerprint density at radius 2 is 2.16 bits per heavy atom. The SMILES string of the molecule is CNC(CCCC1CCCC1(NC)C(=O)O)C(N)=O. The smallest absolute Gasteiger partial charge is 0.324 e. The number of carbonyl (C=O) groups is 2. The van der Waals surface area contributed by atoms with Gasteiger partial charge in [0.25, 0.3) is 0 Å².